The lowest BCUT2D eigenvalue weighted by atomic mass is 9.69. The van der Waals surface area contributed by atoms with Gasteiger partial charge in [0.05, 0.1) is 0 Å². The lowest BCUT2D eigenvalue weighted by Gasteiger charge is -2.38. The number of hydrogen-bond donors (Lipinski definition) is 1. The van der Waals surface area contributed by atoms with E-state index in [1.54, 1.807) is 0 Å². The SMILES string of the molecule is CC(C)(C)c1ccc(C(C)(c2ccc(C(C)(C)C)cc2)[C@@H]2CCCN2)cc1. The van der Waals surface area contributed by atoms with Crippen molar-refractivity contribution in [3.05, 3.63) is 70.8 Å². The van der Waals surface area contributed by atoms with Crippen LogP contribution in [-0.2, 0) is 16.2 Å². The minimum atomic E-state index is -0.0106. The summed E-state index contributed by atoms with van der Waals surface area (Å²) in [6.45, 7) is 17.2. The lowest BCUT2D eigenvalue weighted by Crippen LogP contribution is -2.44. The first-order valence-electron chi connectivity index (χ1n) is 10.5. The van der Waals surface area contributed by atoms with E-state index in [0.29, 0.717) is 6.04 Å². The molecule has 0 bridgehead atoms. The highest BCUT2D eigenvalue weighted by Crippen LogP contribution is 2.40. The van der Waals surface area contributed by atoms with Crippen molar-refractivity contribution in [2.24, 2.45) is 0 Å². The van der Waals surface area contributed by atoms with Crippen LogP contribution in [0.3, 0.4) is 0 Å². The minimum Gasteiger partial charge on any atom is -0.313 e. The standard InChI is InChI=1S/C26H37N/c1-24(2,3)19-10-14-21(15-11-19)26(7,23-9-8-18-27-23)22-16-12-20(13-17-22)25(4,5)6/h10-17,23,27H,8-9,18H2,1-7H3/t23-/m0/s1. The molecule has 2 aromatic carbocycles. The number of nitrogens with one attached hydrogen (secondary N) is 1. The van der Waals surface area contributed by atoms with Crippen molar-refractivity contribution in [1.82, 2.24) is 5.32 Å². The average molecular weight is 364 g/mol. The van der Waals surface area contributed by atoms with Crippen LogP contribution in [0.4, 0.5) is 0 Å². The topological polar surface area (TPSA) is 12.0 Å². The second-order valence-electron chi connectivity index (χ2n) is 10.5. The molecule has 1 nitrogen and oxygen atoms in total. The van der Waals surface area contributed by atoms with E-state index >= 15 is 0 Å². The van der Waals surface area contributed by atoms with E-state index in [4.69, 9.17) is 0 Å². The monoisotopic (exact) mass is 363 g/mol. The molecule has 2 aromatic rings. The zero-order chi connectivity index (χ0) is 19.9. The van der Waals surface area contributed by atoms with Gasteiger partial charge >= 0.3 is 0 Å². The lowest BCUT2D eigenvalue weighted by molar-refractivity contribution is 0.406. The fourth-order valence-electron chi connectivity index (χ4n) is 4.38. The molecule has 0 spiro atoms. The molecule has 0 radical (unpaired) electrons. The van der Waals surface area contributed by atoms with Crippen molar-refractivity contribution in [3.8, 4) is 0 Å². The molecule has 3 rings (SSSR count). The summed E-state index contributed by atoms with van der Waals surface area (Å²) in [7, 11) is 0. The zero-order valence-corrected chi connectivity index (χ0v) is 18.3. The van der Waals surface area contributed by atoms with E-state index in [9.17, 15) is 0 Å². The Morgan fingerprint density at radius 3 is 1.30 bits per heavy atom. The molecule has 27 heavy (non-hydrogen) atoms. The Balaban J connectivity index is 2.05. The highest BCUT2D eigenvalue weighted by molar-refractivity contribution is 5.44. The fourth-order valence-corrected chi connectivity index (χ4v) is 4.38. The van der Waals surface area contributed by atoms with E-state index < -0.39 is 0 Å². The summed E-state index contributed by atoms with van der Waals surface area (Å²) in [5.41, 5.74) is 6.00. The van der Waals surface area contributed by atoms with Crippen molar-refractivity contribution < 1.29 is 0 Å². The van der Waals surface area contributed by atoms with Crippen LogP contribution in [0, 0.1) is 0 Å². The van der Waals surface area contributed by atoms with Crippen LogP contribution < -0.4 is 5.32 Å². The summed E-state index contributed by atoms with van der Waals surface area (Å²) in [5.74, 6) is 0. The van der Waals surface area contributed by atoms with Gasteiger partial charge in [-0.3, -0.25) is 0 Å². The highest BCUT2D eigenvalue weighted by atomic mass is 15.0. The number of hydrogen-bond acceptors (Lipinski definition) is 1. The quantitative estimate of drug-likeness (QED) is 0.671. The van der Waals surface area contributed by atoms with Crippen LogP contribution in [0.25, 0.3) is 0 Å². The maximum absolute atomic E-state index is 3.78. The molecule has 1 N–H and O–H groups in total. The van der Waals surface area contributed by atoms with Crippen LogP contribution in [0.5, 0.6) is 0 Å². The Labute approximate surface area is 166 Å². The van der Waals surface area contributed by atoms with E-state index in [-0.39, 0.29) is 16.2 Å². The average Bonchev–Trinajstić information content (AvgIpc) is 3.15. The van der Waals surface area contributed by atoms with Crippen LogP contribution in [0.15, 0.2) is 48.5 Å². The van der Waals surface area contributed by atoms with Crippen molar-refractivity contribution in [2.45, 2.75) is 83.6 Å². The highest BCUT2D eigenvalue weighted by Gasteiger charge is 2.39. The van der Waals surface area contributed by atoms with Gasteiger partial charge in [0.25, 0.3) is 0 Å². The van der Waals surface area contributed by atoms with Crippen LogP contribution >= 0.6 is 0 Å². The van der Waals surface area contributed by atoms with Gasteiger partial charge in [0.1, 0.15) is 0 Å². The molecule has 0 aliphatic carbocycles. The van der Waals surface area contributed by atoms with Gasteiger partial charge in [0.2, 0.25) is 0 Å². The Bertz CT molecular complexity index is 690. The van der Waals surface area contributed by atoms with Gasteiger partial charge < -0.3 is 5.32 Å². The molecule has 0 amide bonds. The molecule has 146 valence electrons. The summed E-state index contributed by atoms with van der Waals surface area (Å²) in [4.78, 5) is 0. The largest absolute Gasteiger partial charge is 0.313 e. The molecule has 1 saturated heterocycles. The smallest absolute Gasteiger partial charge is 0.0327 e. The van der Waals surface area contributed by atoms with Crippen molar-refractivity contribution in [1.29, 1.82) is 0 Å². The summed E-state index contributed by atoms with van der Waals surface area (Å²) < 4.78 is 0. The maximum atomic E-state index is 3.78. The summed E-state index contributed by atoms with van der Waals surface area (Å²) in [5, 5.41) is 3.78. The third-order valence-electron chi connectivity index (χ3n) is 6.46. The second-order valence-corrected chi connectivity index (χ2v) is 10.5. The molecule has 0 saturated carbocycles. The molecule has 1 aliphatic rings. The predicted molar refractivity (Wildman–Crippen MR) is 118 cm³/mol. The van der Waals surface area contributed by atoms with Crippen LogP contribution in [-0.4, -0.2) is 12.6 Å². The van der Waals surface area contributed by atoms with Gasteiger partial charge in [-0.1, -0.05) is 90.1 Å². The van der Waals surface area contributed by atoms with Crippen LogP contribution in [0.2, 0.25) is 0 Å². The predicted octanol–water partition coefficient (Wildman–Crippen LogP) is 6.34. The van der Waals surface area contributed by atoms with E-state index in [2.05, 4.69) is 102 Å². The fraction of sp³-hybridized carbons (Fsp3) is 0.538. The minimum absolute atomic E-state index is 0.0106. The molecule has 1 heterocycles. The van der Waals surface area contributed by atoms with E-state index in [1.165, 1.54) is 35.1 Å². The van der Waals surface area contributed by atoms with Gasteiger partial charge in [-0.15, -0.1) is 0 Å². The van der Waals surface area contributed by atoms with Gasteiger partial charge in [-0.25, -0.2) is 0 Å². The Morgan fingerprint density at radius 2 is 1.00 bits per heavy atom. The number of rotatable bonds is 3. The molecule has 0 unspecified atom stereocenters. The second kappa shape index (κ2) is 7.09. The third-order valence-corrected chi connectivity index (χ3v) is 6.46. The van der Waals surface area contributed by atoms with Gasteiger partial charge in [-0.05, 0) is 59.4 Å². The third kappa shape index (κ3) is 3.99. The maximum Gasteiger partial charge on any atom is 0.0327 e. The molecular weight excluding hydrogens is 326 g/mol. The summed E-state index contributed by atoms with van der Waals surface area (Å²) in [6.07, 6.45) is 2.50. The first-order valence-corrected chi connectivity index (χ1v) is 10.5. The first-order chi connectivity index (χ1) is 12.5. The van der Waals surface area contributed by atoms with Crippen LogP contribution in [0.1, 0.15) is 83.6 Å². The molecule has 1 fully saturated rings. The molecule has 1 heteroatoms. The molecule has 0 aromatic heterocycles. The normalized spacial score (nSPS) is 18.7. The molecule has 1 atom stereocenters. The first kappa shape index (κ1) is 20.1. The Kier molecular flexibility index (Phi) is 5.29. The zero-order valence-electron chi connectivity index (χ0n) is 18.3. The van der Waals surface area contributed by atoms with E-state index in [1.807, 2.05) is 0 Å². The summed E-state index contributed by atoms with van der Waals surface area (Å²) in [6, 6.07) is 19.2. The molecular formula is C26H37N. The summed E-state index contributed by atoms with van der Waals surface area (Å²) >= 11 is 0. The Hall–Kier alpha value is -1.60. The van der Waals surface area contributed by atoms with Gasteiger partial charge in [0, 0.05) is 11.5 Å². The van der Waals surface area contributed by atoms with Crippen molar-refractivity contribution in [2.75, 3.05) is 6.54 Å². The van der Waals surface area contributed by atoms with Gasteiger partial charge in [0.15, 0.2) is 0 Å². The molecule has 1 aliphatic heterocycles. The van der Waals surface area contributed by atoms with Gasteiger partial charge in [-0.2, -0.15) is 0 Å². The van der Waals surface area contributed by atoms with Crippen molar-refractivity contribution in [3.63, 3.8) is 0 Å². The Morgan fingerprint density at radius 1 is 0.630 bits per heavy atom. The van der Waals surface area contributed by atoms with Crippen molar-refractivity contribution >= 4 is 0 Å². The number of benzene rings is 2. The van der Waals surface area contributed by atoms with E-state index in [0.717, 1.165) is 6.54 Å².